The molecule has 0 aromatic heterocycles. The SMILES string of the molecule is CC(C)CC(CNC(=O)c1ccccc1I)CC(=O)O. The molecule has 0 bridgehead atoms. The first kappa shape index (κ1) is 16.9. The molecule has 0 radical (unpaired) electrons. The number of hydrogen-bond acceptors (Lipinski definition) is 2. The smallest absolute Gasteiger partial charge is 0.303 e. The third-order valence-corrected chi connectivity index (χ3v) is 3.88. The Hall–Kier alpha value is -1.11. The van der Waals surface area contributed by atoms with Gasteiger partial charge in [-0.05, 0) is 53.0 Å². The normalized spacial score (nSPS) is 12.2. The Morgan fingerprint density at radius 3 is 2.50 bits per heavy atom. The topological polar surface area (TPSA) is 66.4 Å². The average Bonchev–Trinajstić information content (AvgIpc) is 2.34. The number of carboxylic acids is 1. The van der Waals surface area contributed by atoms with E-state index in [-0.39, 0.29) is 18.2 Å². The van der Waals surface area contributed by atoms with Crippen LogP contribution in [0.25, 0.3) is 0 Å². The van der Waals surface area contributed by atoms with Gasteiger partial charge in [-0.15, -0.1) is 0 Å². The van der Waals surface area contributed by atoms with Gasteiger partial charge in [0, 0.05) is 16.5 Å². The zero-order valence-electron chi connectivity index (χ0n) is 11.7. The second-order valence-corrected chi connectivity index (χ2v) is 6.45. The van der Waals surface area contributed by atoms with Crippen LogP contribution >= 0.6 is 22.6 Å². The van der Waals surface area contributed by atoms with E-state index in [2.05, 4.69) is 41.8 Å². The molecule has 5 heteroatoms. The van der Waals surface area contributed by atoms with Gasteiger partial charge in [-0.25, -0.2) is 0 Å². The molecule has 0 fully saturated rings. The maximum absolute atomic E-state index is 12.1. The lowest BCUT2D eigenvalue weighted by Crippen LogP contribution is -2.31. The summed E-state index contributed by atoms with van der Waals surface area (Å²) in [5, 5.41) is 11.8. The van der Waals surface area contributed by atoms with Crippen molar-refractivity contribution < 1.29 is 14.7 Å². The standard InChI is InChI=1S/C15H20INO3/c1-10(2)7-11(8-14(18)19)9-17-15(20)12-5-3-4-6-13(12)16/h3-6,10-11H,7-9H2,1-2H3,(H,17,20)(H,18,19). The lowest BCUT2D eigenvalue weighted by molar-refractivity contribution is -0.138. The van der Waals surface area contributed by atoms with E-state index in [4.69, 9.17) is 5.11 Å². The van der Waals surface area contributed by atoms with Crippen molar-refractivity contribution in [1.29, 1.82) is 0 Å². The summed E-state index contributed by atoms with van der Waals surface area (Å²) in [5.41, 5.74) is 0.631. The van der Waals surface area contributed by atoms with Gasteiger partial charge in [-0.2, -0.15) is 0 Å². The molecular weight excluding hydrogens is 369 g/mol. The van der Waals surface area contributed by atoms with Gasteiger partial charge in [-0.3, -0.25) is 9.59 Å². The summed E-state index contributed by atoms with van der Waals surface area (Å²) >= 11 is 2.12. The minimum Gasteiger partial charge on any atom is -0.481 e. The molecule has 4 nitrogen and oxygen atoms in total. The van der Waals surface area contributed by atoms with Crippen molar-refractivity contribution in [2.45, 2.75) is 26.7 Å². The van der Waals surface area contributed by atoms with Gasteiger partial charge >= 0.3 is 5.97 Å². The van der Waals surface area contributed by atoms with Gasteiger partial charge in [0.2, 0.25) is 0 Å². The fraction of sp³-hybridized carbons (Fsp3) is 0.467. The molecule has 0 aliphatic heterocycles. The first-order valence-corrected chi connectivity index (χ1v) is 7.72. The monoisotopic (exact) mass is 389 g/mol. The highest BCUT2D eigenvalue weighted by molar-refractivity contribution is 14.1. The number of rotatable bonds is 7. The van der Waals surface area contributed by atoms with Gasteiger partial charge in [0.15, 0.2) is 0 Å². The molecule has 1 aromatic rings. The Bertz CT molecular complexity index is 474. The Morgan fingerprint density at radius 1 is 1.30 bits per heavy atom. The first-order chi connectivity index (χ1) is 9.40. The Balaban J connectivity index is 2.60. The number of amides is 1. The minimum absolute atomic E-state index is 0.0298. The third-order valence-electron chi connectivity index (χ3n) is 2.94. The van der Waals surface area contributed by atoms with Crippen molar-refractivity contribution >= 4 is 34.5 Å². The van der Waals surface area contributed by atoms with Gasteiger partial charge in [-0.1, -0.05) is 26.0 Å². The number of aliphatic carboxylic acids is 1. The predicted octanol–water partition coefficient (Wildman–Crippen LogP) is 3.16. The maximum atomic E-state index is 12.1. The second-order valence-electron chi connectivity index (χ2n) is 5.28. The molecule has 0 saturated heterocycles. The van der Waals surface area contributed by atoms with Crippen LogP contribution in [-0.4, -0.2) is 23.5 Å². The highest BCUT2D eigenvalue weighted by atomic mass is 127. The van der Waals surface area contributed by atoms with E-state index in [0.29, 0.717) is 18.0 Å². The van der Waals surface area contributed by atoms with E-state index in [1.807, 2.05) is 18.2 Å². The first-order valence-electron chi connectivity index (χ1n) is 6.64. The number of benzene rings is 1. The van der Waals surface area contributed by atoms with Crippen LogP contribution in [-0.2, 0) is 4.79 Å². The predicted molar refractivity (Wildman–Crippen MR) is 86.7 cm³/mol. The summed E-state index contributed by atoms with van der Waals surface area (Å²) in [6.45, 7) is 4.50. The minimum atomic E-state index is -0.820. The van der Waals surface area contributed by atoms with Crippen molar-refractivity contribution in [3.8, 4) is 0 Å². The number of hydrogen-bond donors (Lipinski definition) is 2. The summed E-state index contributed by atoms with van der Waals surface area (Å²) in [6, 6.07) is 7.34. The van der Waals surface area contributed by atoms with E-state index >= 15 is 0 Å². The van der Waals surface area contributed by atoms with Gasteiger partial charge < -0.3 is 10.4 Å². The van der Waals surface area contributed by atoms with E-state index in [0.717, 1.165) is 9.99 Å². The molecule has 110 valence electrons. The average molecular weight is 389 g/mol. The number of halogens is 1. The summed E-state index contributed by atoms with van der Waals surface area (Å²) in [6.07, 6.45) is 0.878. The molecule has 1 amide bonds. The molecule has 2 N–H and O–H groups in total. The molecule has 1 unspecified atom stereocenters. The molecule has 0 saturated carbocycles. The Labute approximate surface area is 133 Å². The largest absolute Gasteiger partial charge is 0.481 e. The van der Waals surface area contributed by atoms with Crippen molar-refractivity contribution in [3.05, 3.63) is 33.4 Å². The highest BCUT2D eigenvalue weighted by Gasteiger charge is 2.17. The Kier molecular flexibility index (Phi) is 6.98. The number of nitrogens with one attached hydrogen (secondary N) is 1. The zero-order chi connectivity index (χ0) is 15.1. The summed E-state index contributed by atoms with van der Waals surface area (Å²) in [7, 11) is 0. The van der Waals surface area contributed by atoms with Crippen LogP contribution in [0.4, 0.5) is 0 Å². The summed E-state index contributed by atoms with van der Waals surface area (Å²) in [5.74, 6) is -0.584. The molecule has 0 heterocycles. The lowest BCUT2D eigenvalue weighted by atomic mass is 9.94. The van der Waals surface area contributed by atoms with Crippen molar-refractivity contribution in [1.82, 2.24) is 5.32 Å². The van der Waals surface area contributed by atoms with E-state index < -0.39 is 5.97 Å². The van der Waals surface area contributed by atoms with Crippen LogP contribution in [0.5, 0.6) is 0 Å². The molecule has 1 atom stereocenters. The zero-order valence-corrected chi connectivity index (χ0v) is 13.9. The van der Waals surface area contributed by atoms with Crippen LogP contribution in [0.3, 0.4) is 0 Å². The quantitative estimate of drug-likeness (QED) is 0.705. The number of carbonyl (C=O) groups excluding carboxylic acids is 1. The molecule has 0 aliphatic carbocycles. The highest BCUT2D eigenvalue weighted by Crippen LogP contribution is 2.16. The molecule has 1 rings (SSSR count). The molecule has 0 spiro atoms. The van der Waals surface area contributed by atoms with Crippen molar-refractivity contribution in [2.24, 2.45) is 11.8 Å². The van der Waals surface area contributed by atoms with Gasteiger partial charge in [0.1, 0.15) is 0 Å². The van der Waals surface area contributed by atoms with E-state index in [9.17, 15) is 9.59 Å². The lowest BCUT2D eigenvalue weighted by Gasteiger charge is -2.18. The van der Waals surface area contributed by atoms with Crippen molar-refractivity contribution in [2.75, 3.05) is 6.54 Å². The summed E-state index contributed by atoms with van der Waals surface area (Å²) < 4.78 is 0.890. The second kappa shape index (κ2) is 8.24. The Morgan fingerprint density at radius 2 is 1.95 bits per heavy atom. The number of carboxylic acid groups (broad SMARTS) is 1. The third kappa shape index (κ3) is 5.90. The number of carbonyl (C=O) groups is 2. The fourth-order valence-electron chi connectivity index (χ4n) is 2.13. The van der Waals surface area contributed by atoms with E-state index in [1.165, 1.54) is 0 Å². The molecule has 0 aliphatic rings. The van der Waals surface area contributed by atoms with Gasteiger partial charge in [0.05, 0.1) is 5.56 Å². The van der Waals surface area contributed by atoms with Crippen LogP contribution in [0.15, 0.2) is 24.3 Å². The maximum Gasteiger partial charge on any atom is 0.303 e. The molecule has 20 heavy (non-hydrogen) atoms. The van der Waals surface area contributed by atoms with Crippen molar-refractivity contribution in [3.63, 3.8) is 0 Å². The van der Waals surface area contributed by atoms with E-state index in [1.54, 1.807) is 6.07 Å². The van der Waals surface area contributed by atoms with Crippen LogP contribution in [0, 0.1) is 15.4 Å². The molecule has 1 aromatic carbocycles. The van der Waals surface area contributed by atoms with Crippen LogP contribution in [0.2, 0.25) is 0 Å². The summed E-state index contributed by atoms with van der Waals surface area (Å²) in [4.78, 5) is 22.9. The van der Waals surface area contributed by atoms with Gasteiger partial charge in [0.25, 0.3) is 5.91 Å². The molecular formula is C15H20INO3. The van der Waals surface area contributed by atoms with Crippen LogP contribution < -0.4 is 5.32 Å². The fourth-order valence-corrected chi connectivity index (χ4v) is 2.76. The van der Waals surface area contributed by atoms with Crippen LogP contribution in [0.1, 0.15) is 37.0 Å².